The maximum atomic E-state index is 12.6. The standard InChI is InChI=1S/C20H21N3O3/c24-19(22-12-9-21-10-13-22)16-6-7-17-18(14-16)26-20(25)23(17)11-8-15-4-2-1-3-5-15/h1-7,14,21H,8-13H2. The fourth-order valence-electron chi connectivity index (χ4n) is 3.35. The van der Waals surface area contributed by atoms with Crippen LogP contribution >= 0.6 is 0 Å². The molecule has 134 valence electrons. The predicted molar refractivity (Wildman–Crippen MR) is 99.4 cm³/mol. The Kier molecular flexibility index (Phi) is 4.58. The van der Waals surface area contributed by atoms with Crippen molar-refractivity contribution in [1.82, 2.24) is 14.8 Å². The first kappa shape index (κ1) is 16.6. The average molecular weight is 351 g/mol. The number of hydrogen-bond acceptors (Lipinski definition) is 4. The number of benzene rings is 2. The minimum absolute atomic E-state index is 0.0203. The number of aryl methyl sites for hydroxylation is 2. The van der Waals surface area contributed by atoms with Gasteiger partial charge in [-0.1, -0.05) is 30.3 Å². The van der Waals surface area contributed by atoms with Crippen LogP contribution in [0, 0.1) is 0 Å². The molecular weight excluding hydrogens is 330 g/mol. The molecule has 1 aliphatic heterocycles. The summed E-state index contributed by atoms with van der Waals surface area (Å²) < 4.78 is 7.02. The first-order valence-electron chi connectivity index (χ1n) is 8.90. The van der Waals surface area contributed by atoms with Crippen LogP contribution in [0.25, 0.3) is 11.1 Å². The molecule has 0 bridgehead atoms. The van der Waals surface area contributed by atoms with Crippen molar-refractivity contribution in [3.8, 4) is 0 Å². The SMILES string of the molecule is O=C(c1ccc2c(c1)oc(=O)n2CCc1ccccc1)N1CCNCC1. The Bertz CT molecular complexity index is 969. The number of carbonyl (C=O) groups excluding carboxylic acids is 1. The summed E-state index contributed by atoms with van der Waals surface area (Å²) in [5, 5.41) is 3.23. The normalized spacial score (nSPS) is 14.7. The van der Waals surface area contributed by atoms with E-state index in [1.165, 1.54) is 5.56 Å². The summed E-state index contributed by atoms with van der Waals surface area (Å²) in [6.45, 7) is 3.54. The lowest BCUT2D eigenvalue weighted by molar-refractivity contribution is 0.0736. The summed E-state index contributed by atoms with van der Waals surface area (Å²) in [7, 11) is 0. The lowest BCUT2D eigenvalue weighted by atomic mass is 10.1. The topological polar surface area (TPSA) is 67.5 Å². The summed E-state index contributed by atoms with van der Waals surface area (Å²) >= 11 is 0. The van der Waals surface area contributed by atoms with Gasteiger partial charge in [0.25, 0.3) is 5.91 Å². The van der Waals surface area contributed by atoms with E-state index in [0.717, 1.165) is 25.0 Å². The molecule has 0 spiro atoms. The Balaban J connectivity index is 1.58. The molecule has 1 aliphatic rings. The quantitative estimate of drug-likeness (QED) is 0.779. The molecule has 6 heteroatoms. The molecule has 4 rings (SSSR count). The predicted octanol–water partition coefficient (Wildman–Crippen LogP) is 1.88. The van der Waals surface area contributed by atoms with Crippen LogP contribution in [0.1, 0.15) is 15.9 Å². The van der Waals surface area contributed by atoms with Gasteiger partial charge in [-0.2, -0.15) is 0 Å². The van der Waals surface area contributed by atoms with Gasteiger partial charge >= 0.3 is 5.76 Å². The van der Waals surface area contributed by atoms with Crippen LogP contribution < -0.4 is 11.1 Å². The highest BCUT2D eigenvalue weighted by molar-refractivity contribution is 5.97. The molecule has 1 fully saturated rings. The van der Waals surface area contributed by atoms with Crippen molar-refractivity contribution in [3.05, 3.63) is 70.2 Å². The van der Waals surface area contributed by atoms with Crippen molar-refractivity contribution in [2.75, 3.05) is 26.2 Å². The van der Waals surface area contributed by atoms with Crippen LogP contribution in [0.5, 0.6) is 0 Å². The highest BCUT2D eigenvalue weighted by Gasteiger charge is 2.19. The van der Waals surface area contributed by atoms with E-state index >= 15 is 0 Å². The molecular formula is C20H21N3O3. The Morgan fingerprint density at radius 3 is 2.62 bits per heavy atom. The minimum atomic E-state index is -0.386. The molecule has 3 aromatic rings. The van der Waals surface area contributed by atoms with E-state index in [9.17, 15) is 9.59 Å². The monoisotopic (exact) mass is 351 g/mol. The zero-order valence-corrected chi connectivity index (χ0v) is 14.5. The van der Waals surface area contributed by atoms with Gasteiger partial charge in [0.1, 0.15) is 0 Å². The second kappa shape index (κ2) is 7.17. The third-order valence-electron chi connectivity index (χ3n) is 4.79. The molecule has 0 radical (unpaired) electrons. The van der Waals surface area contributed by atoms with Crippen LogP contribution in [0.4, 0.5) is 0 Å². The van der Waals surface area contributed by atoms with Gasteiger partial charge in [-0.15, -0.1) is 0 Å². The Hall–Kier alpha value is -2.86. The van der Waals surface area contributed by atoms with Crippen LogP contribution in [-0.2, 0) is 13.0 Å². The molecule has 2 aromatic carbocycles. The van der Waals surface area contributed by atoms with Gasteiger partial charge in [-0.3, -0.25) is 9.36 Å². The number of nitrogens with one attached hydrogen (secondary N) is 1. The summed E-state index contributed by atoms with van der Waals surface area (Å²) in [6, 6.07) is 15.3. The molecule has 2 heterocycles. The number of rotatable bonds is 4. The van der Waals surface area contributed by atoms with E-state index < -0.39 is 0 Å². The maximum Gasteiger partial charge on any atom is 0.419 e. The zero-order chi connectivity index (χ0) is 17.9. The average Bonchev–Trinajstić information content (AvgIpc) is 3.01. The van der Waals surface area contributed by atoms with Gasteiger partial charge in [0, 0.05) is 38.3 Å². The van der Waals surface area contributed by atoms with Crippen molar-refractivity contribution in [1.29, 1.82) is 0 Å². The first-order valence-corrected chi connectivity index (χ1v) is 8.90. The molecule has 6 nitrogen and oxygen atoms in total. The van der Waals surface area contributed by atoms with Crippen molar-refractivity contribution in [2.45, 2.75) is 13.0 Å². The minimum Gasteiger partial charge on any atom is -0.408 e. The molecule has 0 saturated carbocycles. The largest absolute Gasteiger partial charge is 0.419 e. The van der Waals surface area contributed by atoms with Crippen LogP contribution in [0.15, 0.2) is 57.7 Å². The third kappa shape index (κ3) is 3.28. The summed E-state index contributed by atoms with van der Waals surface area (Å²) in [5.74, 6) is -0.407. The smallest absolute Gasteiger partial charge is 0.408 e. The number of carbonyl (C=O) groups is 1. The number of aromatic nitrogens is 1. The van der Waals surface area contributed by atoms with Gasteiger partial charge in [0.2, 0.25) is 0 Å². The first-order chi connectivity index (χ1) is 12.7. The second-order valence-corrected chi connectivity index (χ2v) is 6.48. The lowest BCUT2D eigenvalue weighted by Gasteiger charge is -2.27. The van der Waals surface area contributed by atoms with Gasteiger partial charge in [-0.25, -0.2) is 4.79 Å². The zero-order valence-electron chi connectivity index (χ0n) is 14.5. The number of fused-ring (bicyclic) bond motifs is 1. The summed E-state index contributed by atoms with van der Waals surface area (Å²) in [5.41, 5.74) is 2.91. The number of amides is 1. The number of piperazine rings is 1. The van der Waals surface area contributed by atoms with Crippen LogP contribution in [0.3, 0.4) is 0 Å². The van der Waals surface area contributed by atoms with Gasteiger partial charge < -0.3 is 14.6 Å². The fraction of sp³-hybridized carbons (Fsp3) is 0.300. The van der Waals surface area contributed by atoms with E-state index in [1.54, 1.807) is 22.8 Å². The van der Waals surface area contributed by atoms with E-state index in [4.69, 9.17) is 4.42 Å². The third-order valence-corrected chi connectivity index (χ3v) is 4.79. The van der Waals surface area contributed by atoms with Crippen LogP contribution in [0.2, 0.25) is 0 Å². The Morgan fingerprint density at radius 2 is 1.85 bits per heavy atom. The highest BCUT2D eigenvalue weighted by Crippen LogP contribution is 2.17. The van der Waals surface area contributed by atoms with Gasteiger partial charge in [0.15, 0.2) is 5.58 Å². The number of oxazole rings is 1. The summed E-state index contributed by atoms with van der Waals surface area (Å²) in [4.78, 5) is 26.7. The molecule has 1 saturated heterocycles. The van der Waals surface area contributed by atoms with E-state index in [0.29, 0.717) is 30.8 Å². The number of hydrogen-bond donors (Lipinski definition) is 1. The van der Waals surface area contributed by atoms with E-state index in [2.05, 4.69) is 5.32 Å². The number of nitrogens with zero attached hydrogens (tertiary/aromatic N) is 2. The Morgan fingerprint density at radius 1 is 1.08 bits per heavy atom. The summed E-state index contributed by atoms with van der Waals surface area (Å²) in [6.07, 6.45) is 0.747. The molecule has 1 aromatic heterocycles. The molecule has 0 unspecified atom stereocenters. The van der Waals surface area contributed by atoms with E-state index in [1.807, 2.05) is 35.2 Å². The fourth-order valence-corrected chi connectivity index (χ4v) is 3.35. The van der Waals surface area contributed by atoms with E-state index in [-0.39, 0.29) is 11.7 Å². The maximum absolute atomic E-state index is 12.6. The second-order valence-electron chi connectivity index (χ2n) is 6.48. The van der Waals surface area contributed by atoms with Crippen molar-refractivity contribution >= 4 is 17.0 Å². The molecule has 0 atom stereocenters. The van der Waals surface area contributed by atoms with Gasteiger partial charge in [-0.05, 0) is 30.2 Å². The van der Waals surface area contributed by atoms with Gasteiger partial charge in [0.05, 0.1) is 5.52 Å². The molecule has 1 N–H and O–H groups in total. The van der Waals surface area contributed by atoms with Crippen LogP contribution in [-0.4, -0.2) is 41.6 Å². The van der Waals surface area contributed by atoms with Crippen molar-refractivity contribution in [3.63, 3.8) is 0 Å². The Labute approximate surface area is 151 Å². The molecule has 26 heavy (non-hydrogen) atoms. The van der Waals surface area contributed by atoms with Crippen molar-refractivity contribution in [2.24, 2.45) is 0 Å². The molecule has 1 amide bonds. The lowest BCUT2D eigenvalue weighted by Crippen LogP contribution is -2.46. The highest BCUT2D eigenvalue weighted by atomic mass is 16.4. The molecule has 0 aliphatic carbocycles. The van der Waals surface area contributed by atoms with Crippen molar-refractivity contribution < 1.29 is 9.21 Å².